The number of anilines is 1. The van der Waals surface area contributed by atoms with Gasteiger partial charge in [-0.25, -0.2) is 13.4 Å². The Morgan fingerprint density at radius 2 is 2.07 bits per heavy atom. The van der Waals surface area contributed by atoms with Crippen LogP contribution in [0.1, 0.15) is 31.5 Å². The molecule has 0 spiro atoms. The minimum Gasteiger partial charge on any atom is -0.478 e. The van der Waals surface area contributed by atoms with Gasteiger partial charge in [0.1, 0.15) is 6.61 Å². The van der Waals surface area contributed by atoms with Crippen molar-refractivity contribution in [1.82, 2.24) is 15.1 Å². The van der Waals surface area contributed by atoms with Gasteiger partial charge in [-0.15, -0.1) is 0 Å². The van der Waals surface area contributed by atoms with Crippen LogP contribution in [0.2, 0.25) is 0 Å². The average molecular weight is 437 g/mol. The Bertz CT molecular complexity index is 938. The molecule has 10 heteroatoms. The first-order valence-electron chi connectivity index (χ1n) is 10.3. The van der Waals surface area contributed by atoms with Crippen LogP contribution in [0.5, 0.6) is 5.88 Å². The zero-order valence-corrected chi connectivity index (χ0v) is 18.2. The number of aromatic nitrogens is 3. The van der Waals surface area contributed by atoms with Crippen LogP contribution in [0, 0.1) is 17.8 Å². The number of sulfone groups is 1. The summed E-state index contributed by atoms with van der Waals surface area (Å²) < 4.78 is 39.0. The normalized spacial score (nSPS) is 22.3. The molecule has 30 heavy (non-hydrogen) atoms. The van der Waals surface area contributed by atoms with Crippen LogP contribution in [0.4, 0.5) is 6.01 Å². The highest BCUT2D eigenvalue weighted by molar-refractivity contribution is 7.90. The molecule has 0 aromatic carbocycles. The van der Waals surface area contributed by atoms with Gasteiger partial charge in [0, 0.05) is 38.7 Å². The van der Waals surface area contributed by atoms with Crippen molar-refractivity contribution < 1.29 is 22.4 Å². The molecule has 2 aromatic rings. The Balaban J connectivity index is 1.17. The number of ether oxygens (including phenoxy) is 2. The summed E-state index contributed by atoms with van der Waals surface area (Å²) in [7, 11) is -1.61. The first-order valence-corrected chi connectivity index (χ1v) is 12.2. The lowest BCUT2D eigenvalue weighted by Gasteiger charge is -2.30. The molecule has 1 aliphatic heterocycles. The average Bonchev–Trinajstić information content (AvgIpc) is 3.35. The third kappa shape index (κ3) is 5.10. The number of piperidine rings is 1. The second kappa shape index (κ2) is 8.89. The highest BCUT2D eigenvalue weighted by atomic mass is 32.2. The number of nitrogens with zero attached hydrogens (tertiary/aromatic N) is 4. The third-order valence-electron chi connectivity index (χ3n) is 6.00. The monoisotopic (exact) mass is 436 g/mol. The second-order valence-electron chi connectivity index (χ2n) is 8.15. The quantitative estimate of drug-likeness (QED) is 0.585. The van der Waals surface area contributed by atoms with Gasteiger partial charge >= 0.3 is 6.01 Å². The molecule has 4 rings (SSSR count). The van der Waals surface area contributed by atoms with Gasteiger partial charge in [0.05, 0.1) is 11.5 Å². The van der Waals surface area contributed by atoms with E-state index in [1.54, 1.807) is 13.2 Å². The van der Waals surface area contributed by atoms with Crippen LogP contribution in [0.15, 0.2) is 27.7 Å². The standard InChI is InChI=1S/C20H28N4O5S/c1-27-13-18-22-20(29-23-18)24-8-5-14(6-9-24)17-11-15(17)7-10-28-19-4-3-16(12-21-19)30(2,25)26/h3-4,12,14-15,17H,5-11,13H2,1-2H3/t15-,17-/m1/s1. The summed E-state index contributed by atoms with van der Waals surface area (Å²) in [5, 5.41) is 3.93. The summed E-state index contributed by atoms with van der Waals surface area (Å²) in [4.78, 5) is 10.8. The number of methoxy groups -OCH3 is 1. The number of hydrogen-bond acceptors (Lipinski definition) is 9. The SMILES string of the molecule is COCc1noc(N2CCC([C@H]3C[C@H]3CCOc3ccc(S(C)(=O)=O)cn3)CC2)n1. The van der Waals surface area contributed by atoms with E-state index in [0.29, 0.717) is 36.9 Å². The van der Waals surface area contributed by atoms with Crippen LogP contribution >= 0.6 is 0 Å². The summed E-state index contributed by atoms with van der Waals surface area (Å²) >= 11 is 0. The molecule has 0 amide bonds. The van der Waals surface area contributed by atoms with Crippen molar-refractivity contribution in [1.29, 1.82) is 0 Å². The topological polar surface area (TPSA) is 108 Å². The molecule has 2 atom stereocenters. The maximum Gasteiger partial charge on any atom is 0.324 e. The van der Waals surface area contributed by atoms with Crippen LogP contribution < -0.4 is 9.64 Å². The number of rotatable bonds is 9. The molecule has 164 valence electrons. The first kappa shape index (κ1) is 21.0. The van der Waals surface area contributed by atoms with Crippen molar-refractivity contribution in [3.05, 3.63) is 24.2 Å². The maximum absolute atomic E-state index is 11.5. The van der Waals surface area contributed by atoms with Gasteiger partial charge in [0.15, 0.2) is 15.7 Å². The summed E-state index contributed by atoms with van der Waals surface area (Å²) in [6.45, 7) is 2.85. The molecular weight excluding hydrogens is 408 g/mol. The van der Waals surface area contributed by atoms with Crippen LogP contribution in [0.3, 0.4) is 0 Å². The van der Waals surface area contributed by atoms with Crippen LogP contribution in [0.25, 0.3) is 0 Å². The van der Waals surface area contributed by atoms with Crippen molar-refractivity contribution in [2.75, 3.05) is 38.0 Å². The smallest absolute Gasteiger partial charge is 0.324 e. The lowest BCUT2D eigenvalue weighted by atomic mass is 9.91. The Kier molecular flexibility index (Phi) is 6.24. The van der Waals surface area contributed by atoms with E-state index < -0.39 is 9.84 Å². The highest BCUT2D eigenvalue weighted by Gasteiger charge is 2.43. The second-order valence-corrected chi connectivity index (χ2v) is 10.2. The minimum atomic E-state index is -3.23. The summed E-state index contributed by atoms with van der Waals surface area (Å²) in [5.41, 5.74) is 0. The molecule has 2 aliphatic rings. The molecule has 3 heterocycles. The van der Waals surface area contributed by atoms with E-state index in [1.807, 2.05) is 0 Å². The van der Waals surface area contributed by atoms with Gasteiger partial charge in [0.25, 0.3) is 0 Å². The van der Waals surface area contributed by atoms with E-state index in [0.717, 1.165) is 44.2 Å². The minimum absolute atomic E-state index is 0.207. The fraction of sp³-hybridized carbons (Fsp3) is 0.650. The molecule has 9 nitrogen and oxygen atoms in total. The zero-order valence-electron chi connectivity index (χ0n) is 17.4. The summed E-state index contributed by atoms with van der Waals surface area (Å²) in [6, 6.07) is 3.75. The Morgan fingerprint density at radius 1 is 1.27 bits per heavy atom. The van der Waals surface area contributed by atoms with Gasteiger partial charge in [-0.2, -0.15) is 4.98 Å². The molecule has 1 saturated heterocycles. The van der Waals surface area contributed by atoms with Gasteiger partial charge in [-0.1, -0.05) is 5.16 Å². The lowest BCUT2D eigenvalue weighted by Crippen LogP contribution is -2.34. The highest BCUT2D eigenvalue weighted by Crippen LogP contribution is 2.49. The summed E-state index contributed by atoms with van der Waals surface area (Å²) in [6.07, 6.45) is 7.05. The van der Waals surface area contributed by atoms with Gasteiger partial charge < -0.3 is 18.9 Å². The van der Waals surface area contributed by atoms with E-state index >= 15 is 0 Å². The molecule has 0 unspecified atom stereocenters. The van der Waals surface area contributed by atoms with Crippen molar-refractivity contribution in [3.63, 3.8) is 0 Å². The summed E-state index contributed by atoms with van der Waals surface area (Å²) in [5.74, 6) is 3.26. The fourth-order valence-corrected chi connectivity index (χ4v) is 4.81. The van der Waals surface area contributed by atoms with E-state index in [-0.39, 0.29) is 4.90 Å². The molecule has 2 aromatic heterocycles. The molecule has 0 N–H and O–H groups in total. The maximum atomic E-state index is 11.5. The molecule has 0 bridgehead atoms. The first-order chi connectivity index (χ1) is 14.4. The van der Waals surface area contributed by atoms with Gasteiger partial charge in [-0.05, 0) is 49.5 Å². The van der Waals surface area contributed by atoms with Gasteiger partial charge in [0.2, 0.25) is 5.88 Å². The number of hydrogen-bond donors (Lipinski definition) is 0. The molecule has 1 aliphatic carbocycles. The lowest BCUT2D eigenvalue weighted by molar-refractivity contribution is 0.174. The predicted octanol–water partition coefficient (Wildman–Crippen LogP) is 2.34. The Labute approximate surface area is 176 Å². The van der Waals surface area contributed by atoms with E-state index in [9.17, 15) is 8.42 Å². The zero-order chi connectivity index (χ0) is 21.1. The molecule has 0 radical (unpaired) electrons. The molecular formula is C20H28N4O5S. The Morgan fingerprint density at radius 3 is 2.73 bits per heavy atom. The van der Waals surface area contributed by atoms with Gasteiger partial charge in [-0.3, -0.25) is 0 Å². The largest absolute Gasteiger partial charge is 0.478 e. The third-order valence-corrected chi connectivity index (χ3v) is 7.10. The molecule has 1 saturated carbocycles. The van der Waals surface area contributed by atoms with Crippen molar-refractivity contribution >= 4 is 15.9 Å². The van der Waals surface area contributed by atoms with Crippen LogP contribution in [-0.2, 0) is 21.2 Å². The fourth-order valence-electron chi connectivity index (χ4n) is 4.25. The number of pyridine rings is 1. The predicted molar refractivity (Wildman–Crippen MR) is 109 cm³/mol. The van der Waals surface area contributed by atoms with E-state index in [2.05, 4.69) is 20.0 Å². The van der Waals surface area contributed by atoms with Crippen molar-refractivity contribution in [2.45, 2.75) is 37.2 Å². The van der Waals surface area contributed by atoms with E-state index in [4.69, 9.17) is 14.0 Å². The Hall–Kier alpha value is -2.20. The van der Waals surface area contributed by atoms with E-state index in [1.165, 1.54) is 24.9 Å². The van der Waals surface area contributed by atoms with Crippen molar-refractivity contribution in [3.8, 4) is 5.88 Å². The van der Waals surface area contributed by atoms with Crippen molar-refractivity contribution in [2.24, 2.45) is 17.8 Å². The molecule has 2 fully saturated rings. The van der Waals surface area contributed by atoms with Crippen LogP contribution in [-0.4, -0.2) is 56.6 Å².